The quantitative estimate of drug-likeness (QED) is 0.612. The molecule has 0 aliphatic carbocycles. The van der Waals surface area contributed by atoms with Crippen LogP contribution in [0.15, 0.2) is 16.8 Å². The minimum Gasteiger partial charge on any atom is -0.348 e. The maximum Gasteiger partial charge on any atom is 0.112 e. The first kappa shape index (κ1) is 9.36. The largest absolute Gasteiger partial charge is 0.348 e. The third kappa shape index (κ3) is 2.40. The zero-order valence-electron chi connectivity index (χ0n) is 8.02. The van der Waals surface area contributed by atoms with Gasteiger partial charge in [0.25, 0.3) is 0 Å². The van der Waals surface area contributed by atoms with Gasteiger partial charge in [-0.1, -0.05) is 13.3 Å². The summed E-state index contributed by atoms with van der Waals surface area (Å²) in [6, 6.07) is 0. The Morgan fingerprint density at radius 2 is 2.33 bits per heavy atom. The monoisotopic (exact) mass is 162 g/mol. The first-order valence-corrected chi connectivity index (χ1v) is 4.37. The molecule has 1 atom stereocenters. The van der Waals surface area contributed by atoms with Crippen LogP contribution in [0.5, 0.6) is 0 Å². The lowest BCUT2D eigenvalue weighted by molar-refractivity contribution is 0.741. The topological polar surface area (TPSA) is 24.4 Å². The molecule has 1 aliphatic rings. The van der Waals surface area contributed by atoms with E-state index in [0.29, 0.717) is 0 Å². The molecule has 0 aromatic heterocycles. The molecule has 1 N–H and O–H groups in total. The van der Waals surface area contributed by atoms with E-state index in [1.807, 2.05) is 19.9 Å². The van der Waals surface area contributed by atoms with Crippen molar-refractivity contribution in [1.29, 1.82) is 0 Å². The van der Waals surface area contributed by atoms with Crippen LogP contribution in [-0.2, 0) is 0 Å². The smallest absolute Gasteiger partial charge is 0.112 e. The fourth-order valence-corrected chi connectivity index (χ4v) is 1.45. The van der Waals surface area contributed by atoms with Crippen molar-refractivity contribution in [3.05, 3.63) is 11.8 Å². The summed E-state index contributed by atoms with van der Waals surface area (Å²) in [6.07, 6.45) is 4.16. The van der Waals surface area contributed by atoms with Crippen molar-refractivity contribution in [2.45, 2.75) is 39.1 Å². The summed E-state index contributed by atoms with van der Waals surface area (Å²) in [5.41, 5.74) is 0.676. The lowest BCUT2D eigenvalue weighted by Crippen LogP contribution is -2.34. The predicted molar refractivity (Wildman–Crippen MR) is 53.4 cm³/mol. The molecule has 0 bridgehead atoms. The van der Waals surface area contributed by atoms with Gasteiger partial charge in [-0.2, -0.15) is 0 Å². The van der Waals surface area contributed by atoms with Gasteiger partial charge in [-0.15, -0.1) is 0 Å². The van der Waals surface area contributed by atoms with Gasteiger partial charge in [-0.3, -0.25) is 4.99 Å². The van der Waals surface area contributed by atoms with E-state index < -0.39 is 5.44 Å². The molecule has 1 heterocycles. The van der Waals surface area contributed by atoms with Crippen LogP contribution >= 0.6 is 0 Å². The van der Waals surface area contributed by atoms with Gasteiger partial charge in [0.1, 0.15) is 7.85 Å². The Morgan fingerprint density at radius 3 is 2.83 bits per heavy atom. The fraction of sp³-hybridized carbons (Fsp3) is 0.667. The molecule has 12 heavy (non-hydrogen) atoms. The lowest BCUT2D eigenvalue weighted by Gasteiger charge is -2.25. The van der Waals surface area contributed by atoms with Crippen molar-refractivity contribution >= 4 is 13.7 Å². The number of aliphatic imine (C=N–C) groups is 1. The SMILES string of the molecule is [B]C1(C)C=C(CCC)NC(C)=N1. The average molecular weight is 162 g/mol. The Morgan fingerprint density at radius 1 is 1.67 bits per heavy atom. The summed E-state index contributed by atoms with van der Waals surface area (Å²) in [5.74, 6) is 0.908. The summed E-state index contributed by atoms with van der Waals surface area (Å²) < 4.78 is 0. The number of amidine groups is 1. The molecule has 64 valence electrons. The van der Waals surface area contributed by atoms with Gasteiger partial charge in [0, 0.05) is 11.1 Å². The van der Waals surface area contributed by atoms with Crippen molar-refractivity contribution in [3.63, 3.8) is 0 Å². The normalized spacial score (nSPS) is 28.9. The van der Waals surface area contributed by atoms with E-state index >= 15 is 0 Å². The van der Waals surface area contributed by atoms with Crippen LogP contribution in [0, 0.1) is 0 Å². The number of rotatable bonds is 2. The van der Waals surface area contributed by atoms with Crippen LogP contribution in [0.2, 0.25) is 0 Å². The van der Waals surface area contributed by atoms with E-state index in [9.17, 15) is 0 Å². The van der Waals surface area contributed by atoms with Crippen LogP contribution in [0.1, 0.15) is 33.6 Å². The molecule has 0 aromatic rings. The molecule has 1 aliphatic heterocycles. The molecule has 2 radical (unpaired) electrons. The van der Waals surface area contributed by atoms with E-state index in [4.69, 9.17) is 7.85 Å². The zero-order valence-corrected chi connectivity index (χ0v) is 8.02. The molecule has 0 saturated carbocycles. The molecular formula is C9H15BN2. The highest BCUT2D eigenvalue weighted by Crippen LogP contribution is 2.16. The van der Waals surface area contributed by atoms with E-state index in [1.165, 1.54) is 5.70 Å². The van der Waals surface area contributed by atoms with Crippen molar-refractivity contribution in [2.24, 2.45) is 4.99 Å². The third-order valence-electron chi connectivity index (χ3n) is 1.74. The summed E-state index contributed by atoms with van der Waals surface area (Å²) in [6.45, 7) is 6.00. The van der Waals surface area contributed by atoms with Gasteiger partial charge in [0.05, 0.1) is 5.84 Å². The highest BCUT2D eigenvalue weighted by molar-refractivity contribution is 6.18. The fourth-order valence-electron chi connectivity index (χ4n) is 1.45. The second-order valence-corrected chi connectivity index (χ2v) is 3.47. The maximum absolute atomic E-state index is 5.88. The molecule has 3 heteroatoms. The Kier molecular flexibility index (Phi) is 2.60. The Bertz CT molecular complexity index is 229. The molecule has 0 fully saturated rings. The molecule has 2 nitrogen and oxygen atoms in total. The highest BCUT2D eigenvalue weighted by Gasteiger charge is 2.18. The second-order valence-electron chi connectivity index (χ2n) is 3.47. The van der Waals surface area contributed by atoms with Crippen LogP contribution in [-0.4, -0.2) is 19.1 Å². The summed E-state index contributed by atoms with van der Waals surface area (Å²) in [5, 5.41) is 3.20. The minimum atomic E-state index is -0.514. The number of allylic oxidation sites excluding steroid dienone is 1. The van der Waals surface area contributed by atoms with Crippen LogP contribution in [0.4, 0.5) is 0 Å². The van der Waals surface area contributed by atoms with Crippen molar-refractivity contribution in [2.75, 3.05) is 0 Å². The number of hydrogen-bond acceptors (Lipinski definition) is 2. The van der Waals surface area contributed by atoms with Crippen LogP contribution < -0.4 is 5.32 Å². The van der Waals surface area contributed by atoms with Gasteiger partial charge < -0.3 is 5.32 Å². The number of nitrogens with zero attached hydrogens (tertiary/aromatic N) is 1. The van der Waals surface area contributed by atoms with Crippen molar-refractivity contribution < 1.29 is 0 Å². The lowest BCUT2D eigenvalue weighted by atomic mass is 9.78. The summed E-state index contributed by atoms with van der Waals surface area (Å²) in [4.78, 5) is 4.25. The van der Waals surface area contributed by atoms with E-state index in [2.05, 4.69) is 17.2 Å². The molecule has 0 spiro atoms. The standard InChI is InChI=1S/C9H15BN2/c1-4-5-8-6-9(3,10)12-7(2)11-8/h6H,4-5H2,1-3H3,(H,11,12). The van der Waals surface area contributed by atoms with Crippen molar-refractivity contribution in [1.82, 2.24) is 5.32 Å². The van der Waals surface area contributed by atoms with Gasteiger partial charge in [0.2, 0.25) is 0 Å². The zero-order chi connectivity index (χ0) is 9.19. The molecule has 0 amide bonds. The Labute approximate surface area is 75.6 Å². The van der Waals surface area contributed by atoms with Crippen LogP contribution in [0.3, 0.4) is 0 Å². The number of hydrogen-bond donors (Lipinski definition) is 1. The van der Waals surface area contributed by atoms with E-state index in [1.54, 1.807) is 0 Å². The second kappa shape index (κ2) is 3.34. The van der Waals surface area contributed by atoms with Gasteiger partial charge in [0.15, 0.2) is 0 Å². The van der Waals surface area contributed by atoms with Gasteiger partial charge >= 0.3 is 0 Å². The molecule has 0 aromatic carbocycles. The van der Waals surface area contributed by atoms with Gasteiger partial charge in [-0.25, -0.2) is 0 Å². The first-order valence-electron chi connectivity index (χ1n) is 4.37. The third-order valence-corrected chi connectivity index (χ3v) is 1.74. The molecule has 1 rings (SSSR count). The Hall–Kier alpha value is -0.725. The molecule has 1 unspecified atom stereocenters. The predicted octanol–water partition coefficient (Wildman–Crippen LogP) is 1.58. The number of nitrogens with one attached hydrogen (secondary N) is 1. The maximum atomic E-state index is 5.88. The highest BCUT2D eigenvalue weighted by atomic mass is 15.0. The average Bonchev–Trinajstić information content (AvgIpc) is 1.82. The summed E-state index contributed by atoms with van der Waals surface area (Å²) in [7, 11) is 5.88. The van der Waals surface area contributed by atoms with Crippen molar-refractivity contribution in [3.8, 4) is 0 Å². The molecule has 0 saturated heterocycles. The summed E-state index contributed by atoms with van der Waals surface area (Å²) >= 11 is 0. The van der Waals surface area contributed by atoms with Crippen LogP contribution in [0.25, 0.3) is 0 Å². The Balaban J connectivity index is 2.74. The molecular weight excluding hydrogens is 147 g/mol. The van der Waals surface area contributed by atoms with Gasteiger partial charge in [-0.05, 0) is 26.3 Å². The van der Waals surface area contributed by atoms with E-state index in [-0.39, 0.29) is 0 Å². The minimum absolute atomic E-state index is 0.514. The van der Waals surface area contributed by atoms with E-state index in [0.717, 1.165) is 18.7 Å². The first-order chi connectivity index (χ1) is 5.53.